The van der Waals surface area contributed by atoms with Crippen molar-refractivity contribution in [2.45, 2.75) is 31.6 Å². The van der Waals surface area contributed by atoms with Crippen LogP contribution in [-0.4, -0.2) is 53.7 Å². The molecule has 0 spiro atoms. The molecule has 1 aliphatic rings. The molecule has 1 atom stereocenters. The molecule has 4 nitrogen and oxygen atoms in total. The Morgan fingerprint density at radius 2 is 2.12 bits per heavy atom. The van der Waals surface area contributed by atoms with E-state index in [0.29, 0.717) is 12.4 Å². The molecular weight excluding hydrogens is 342 g/mol. The lowest BCUT2D eigenvalue weighted by atomic mass is 10.3. The molecule has 1 unspecified atom stereocenters. The smallest absolute Gasteiger partial charge is 0.233 e. The fourth-order valence-corrected chi connectivity index (χ4v) is 4.57. The Bertz CT molecular complexity index is 513. The molecule has 0 aliphatic carbocycles. The summed E-state index contributed by atoms with van der Waals surface area (Å²) in [6, 6.07) is 7.62. The van der Waals surface area contributed by atoms with E-state index in [0.717, 1.165) is 29.5 Å². The lowest BCUT2D eigenvalue weighted by Gasteiger charge is -2.24. The summed E-state index contributed by atoms with van der Waals surface area (Å²) in [5.41, 5.74) is 0. The van der Waals surface area contributed by atoms with E-state index in [1.165, 1.54) is 19.3 Å². The van der Waals surface area contributed by atoms with Crippen LogP contribution in [0.15, 0.2) is 24.3 Å². The van der Waals surface area contributed by atoms with E-state index in [1.807, 2.05) is 29.2 Å². The van der Waals surface area contributed by atoms with Crippen LogP contribution in [-0.2, 0) is 4.79 Å². The number of ether oxygens (including phenoxy) is 2. The molecule has 134 valence electrons. The van der Waals surface area contributed by atoms with Gasteiger partial charge in [0.2, 0.25) is 5.91 Å². The zero-order valence-corrected chi connectivity index (χ0v) is 16.2. The van der Waals surface area contributed by atoms with E-state index >= 15 is 0 Å². The Balaban J connectivity index is 1.78. The number of para-hydroxylation sites is 2. The predicted molar refractivity (Wildman–Crippen MR) is 103 cm³/mol. The monoisotopic (exact) mass is 369 g/mol. The number of rotatable bonds is 10. The number of unbranched alkanes of at least 4 members (excludes halogenated alkanes) is 2. The Morgan fingerprint density at radius 1 is 1.33 bits per heavy atom. The third-order valence-electron chi connectivity index (χ3n) is 3.88. The van der Waals surface area contributed by atoms with Crippen LogP contribution in [0.2, 0.25) is 0 Å². The van der Waals surface area contributed by atoms with Gasteiger partial charge in [-0.25, -0.2) is 0 Å². The third-order valence-corrected chi connectivity index (χ3v) is 6.10. The quantitative estimate of drug-likeness (QED) is 0.585. The zero-order valence-electron chi connectivity index (χ0n) is 14.5. The molecule has 1 heterocycles. The maximum absolute atomic E-state index is 12.4. The summed E-state index contributed by atoms with van der Waals surface area (Å²) in [7, 11) is 1.64. The van der Waals surface area contributed by atoms with Crippen molar-refractivity contribution in [3.8, 4) is 11.5 Å². The first kappa shape index (κ1) is 19.3. The maximum Gasteiger partial charge on any atom is 0.233 e. The van der Waals surface area contributed by atoms with Crippen LogP contribution >= 0.6 is 23.5 Å². The second kappa shape index (κ2) is 10.8. The van der Waals surface area contributed by atoms with Crippen LogP contribution in [0, 0.1) is 0 Å². The van der Waals surface area contributed by atoms with Crippen molar-refractivity contribution in [1.29, 1.82) is 0 Å². The van der Waals surface area contributed by atoms with E-state index in [9.17, 15) is 4.79 Å². The summed E-state index contributed by atoms with van der Waals surface area (Å²) in [4.78, 5) is 14.4. The zero-order chi connectivity index (χ0) is 17.2. The number of hydrogen-bond acceptors (Lipinski definition) is 5. The highest BCUT2D eigenvalue weighted by Gasteiger charge is 2.29. The maximum atomic E-state index is 12.4. The van der Waals surface area contributed by atoms with Gasteiger partial charge in [0.25, 0.3) is 0 Å². The molecule has 1 saturated heterocycles. The summed E-state index contributed by atoms with van der Waals surface area (Å²) in [5.74, 6) is 4.32. The van der Waals surface area contributed by atoms with Crippen molar-refractivity contribution in [2.24, 2.45) is 0 Å². The minimum atomic E-state index is 0.0960. The second-order valence-corrected chi connectivity index (χ2v) is 8.03. The van der Waals surface area contributed by atoms with Crippen LogP contribution in [0.4, 0.5) is 0 Å². The molecule has 1 aliphatic heterocycles. The van der Waals surface area contributed by atoms with Crippen LogP contribution in [0.1, 0.15) is 26.2 Å². The summed E-state index contributed by atoms with van der Waals surface area (Å²) < 4.78 is 11.2. The summed E-state index contributed by atoms with van der Waals surface area (Å²) in [6.45, 7) is 3.51. The fourth-order valence-electron chi connectivity index (χ4n) is 2.54. The lowest BCUT2D eigenvalue weighted by molar-refractivity contribution is -0.128. The van der Waals surface area contributed by atoms with Crippen LogP contribution < -0.4 is 9.47 Å². The topological polar surface area (TPSA) is 38.8 Å². The summed E-state index contributed by atoms with van der Waals surface area (Å²) in [5, 5.41) is 0.0960. The van der Waals surface area contributed by atoms with Crippen LogP contribution in [0.5, 0.6) is 11.5 Å². The van der Waals surface area contributed by atoms with Crippen molar-refractivity contribution < 1.29 is 14.3 Å². The van der Waals surface area contributed by atoms with E-state index in [2.05, 4.69) is 6.92 Å². The molecule has 2 rings (SSSR count). The predicted octanol–water partition coefficient (Wildman–Crippen LogP) is 3.90. The molecule has 0 radical (unpaired) electrons. The Kier molecular flexibility index (Phi) is 8.67. The molecule has 0 bridgehead atoms. The largest absolute Gasteiger partial charge is 0.493 e. The third kappa shape index (κ3) is 5.81. The first-order chi connectivity index (χ1) is 11.8. The number of thioether (sulfide) groups is 2. The average Bonchev–Trinajstić information content (AvgIpc) is 3.08. The van der Waals surface area contributed by atoms with Gasteiger partial charge in [-0.1, -0.05) is 31.9 Å². The minimum absolute atomic E-state index is 0.0960. The molecule has 24 heavy (non-hydrogen) atoms. The average molecular weight is 370 g/mol. The van der Waals surface area contributed by atoms with Crippen LogP contribution in [0.25, 0.3) is 0 Å². The van der Waals surface area contributed by atoms with Gasteiger partial charge >= 0.3 is 0 Å². The second-order valence-electron chi connectivity index (χ2n) is 5.63. The van der Waals surface area contributed by atoms with E-state index in [4.69, 9.17) is 9.47 Å². The Hall–Kier alpha value is -1.01. The van der Waals surface area contributed by atoms with Gasteiger partial charge in [-0.3, -0.25) is 4.79 Å². The molecular formula is C18H27NO3S2. The van der Waals surface area contributed by atoms with Crippen molar-refractivity contribution in [1.82, 2.24) is 4.90 Å². The number of nitrogens with zero attached hydrogens (tertiary/aromatic N) is 1. The van der Waals surface area contributed by atoms with E-state index in [1.54, 1.807) is 30.6 Å². The molecule has 1 fully saturated rings. The van der Waals surface area contributed by atoms with Gasteiger partial charge in [0.05, 0.1) is 12.9 Å². The van der Waals surface area contributed by atoms with Gasteiger partial charge < -0.3 is 14.4 Å². The van der Waals surface area contributed by atoms with Gasteiger partial charge in [-0.15, -0.1) is 11.8 Å². The summed E-state index contributed by atoms with van der Waals surface area (Å²) >= 11 is 3.54. The van der Waals surface area contributed by atoms with Crippen molar-refractivity contribution in [3.63, 3.8) is 0 Å². The normalized spacial score (nSPS) is 17.1. The Labute approximate surface area is 153 Å². The van der Waals surface area contributed by atoms with Crippen molar-refractivity contribution in [2.75, 3.05) is 37.5 Å². The van der Waals surface area contributed by atoms with Crippen LogP contribution in [0.3, 0.4) is 0 Å². The highest BCUT2D eigenvalue weighted by molar-refractivity contribution is 8.00. The number of methoxy groups -OCH3 is 1. The molecule has 0 aromatic heterocycles. The lowest BCUT2D eigenvalue weighted by Crippen LogP contribution is -2.39. The minimum Gasteiger partial charge on any atom is -0.493 e. The van der Waals surface area contributed by atoms with Gasteiger partial charge in [0.1, 0.15) is 12.0 Å². The van der Waals surface area contributed by atoms with Crippen molar-refractivity contribution >= 4 is 29.4 Å². The molecule has 1 aromatic carbocycles. The Morgan fingerprint density at radius 3 is 2.88 bits per heavy atom. The van der Waals surface area contributed by atoms with Gasteiger partial charge in [-0.05, 0) is 24.3 Å². The standard InChI is InChI=1S/C18H27NO3S2/c1-3-4-7-11-23-14-17(20)19-10-12-24-18(19)13-22-16-9-6-5-8-15(16)21-2/h5-6,8-9,18H,3-4,7,10-14H2,1-2H3. The number of amides is 1. The van der Waals surface area contributed by atoms with E-state index in [-0.39, 0.29) is 11.3 Å². The number of carbonyl (C=O) groups excluding carboxylic acids is 1. The van der Waals surface area contributed by atoms with Gasteiger partial charge in [-0.2, -0.15) is 11.8 Å². The first-order valence-electron chi connectivity index (χ1n) is 8.51. The molecule has 0 saturated carbocycles. The van der Waals surface area contributed by atoms with E-state index < -0.39 is 0 Å². The highest BCUT2D eigenvalue weighted by atomic mass is 32.2. The molecule has 0 N–H and O–H groups in total. The fraction of sp³-hybridized carbons (Fsp3) is 0.611. The SMILES string of the molecule is CCCCCSCC(=O)N1CCSC1COc1ccccc1OC. The number of hydrogen-bond donors (Lipinski definition) is 0. The first-order valence-corrected chi connectivity index (χ1v) is 10.7. The number of carbonyl (C=O) groups is 1. The molecule has 6 heteroatoms. The molecule has 1 amide bonds. The van der Waals surface area contributed by atoms with Crippen molar-refractivity contribution in [3.05, 3.63) is 24.3 Å². The number of benzene rings is 1. The highest BCUT2D eigenvalue weighted by Crippen LogP contribution is 2.29. The molecule has 1 aromatic rings. The summed E-state index contributed by atoms with van der Waals surface area (Å²) in [6.07, 6.45) is 3.67. The van der Waals surface area contributed by atoms with Gasteiger partial charge in [0.15, 0.2) is 11.5 Å². The van der Waals surface area contributed by atoms with Gasteiger partial charge in [0, 0.05) is 12.3 Å².